The molecule has 0 amide bonds. The van der Waals surface area contributed by atoms with Gasteiger partial charge in [-0.1, -0.05) is 6.07 Å². The molecule has 1 aromatic heterocycles. The van der Waals surface area contributed by atoms with Gasteiger partial charge in [-0.15, -0.1) is 0 Å². The first kappa shape index (κ1) is 15.7. The summed E-state index contributed by atoms with van der Waals surface area (Å²) in [7, 11) is -1.82. The fourth-order valence-corrected chi connectivity index (χ4v) is 3.12. The number of benzene rings is 1. The number of aryl methyl sites for hydroxylation is 3. The third kappa shape index (κ3) is 3.49. The van der Waals surface area contributed by atoms with Crippen molar-refractivity contribution in [1.29, 1.82) is 0 Å². The Morgan fingerprint density at radius 1 is 1.29 bits per heavy atom. The average molecular weight is 309 g/mol. The molecule has 2 aromatic rings. The third-order valence-electron chi connectivity index (χ3n) is 3.37. The summed E-state index contributed by atoms with van der Waals surface area (Å²) in [5.41, 5.74) is 3.09. The molecule has 0 spiro atoms. The van der Waals surface area contributed by atoms with Crippen LogP contribution in [0.5, 0.6) is 0 Å². The number of nitrogens with one attached hydrogen (secondary N) is 1. The Kier molecular flexibility index (Phi) is 4.46. The lowest BCUT2D eigenvalue weighted by atomic mass is 10.1. The zero-order valence-electron chi connectivity index (χ0n) is 12.3. The van der Waals surface area contributed by atoms with Gasteiger partial charge in [-0.3, -0.25) is 4.68 Å². The Labute approximate surface area is 124 Å². The highest BCUT2D eigenvalue weighted by Gasteiger charge is 2.16. The van der Waals surface area contributed by atoms with E-state index in [1.807, 2.05) is 13.8 Å². The number of sulfonamides is 1. The Morgan fingerprint density at radius 3 is 2.57 bits per heavy atom. The Morgan fingerprint density at radius 2 is 2.00 bits per heavy atom. The third-order valence-corrected chi connectivity index (χ3v) is 4.77. The van der Waals surface area contributed by atoms with Gasteiger partial charge in [-0.2, -0.15) is 5.10 Å². The number of aliphatic hydroxyl groups excluding tert-OH is 1. The number of hydrogen-bond acceptors (Lipinski definition) is 4. The highest BCUT2D eigenvalue weighted by atomic mass is 32.2. The second-order valence-corrected chi connectivity index (χ2v) is 6.75. The number of aliphatic hydroxyl groups is 1. The molecule has 114 valence electrons. The summed E-state index contributed by atoms with van der Waals surface area (Å²) in [5, 5.41) is 13.4. The largest absolute Gasteiger partial charge is 0.392 e. The molecule has 0 aliphatic heterocycles. The van der Waals surface area contributed by atoms with Crippen LogP contribution in [-0.2, 0) is 30.2 Å². The van der Waals surface area contributed by atoms with Gasteiger partial charge in [-0.25, -0.2) is 13.1 Å². The molecule has 0 atom stereocenters. The highest BCUT2D eigenvalue weighted by Crippen LogP contribution is 2.16. The van der Waals surface area contributed by atoms with Gasteiger partial charge in [0.15, 0.2) is 0 Å². The van der Waals surface area contributed by atoms with Crippen molar-refractivity contribution in [2.45, 2.75) is 31.9 Å². The predicted molar refractivity (Wildman–Crippen MR) is 79.1 cm³/mol. The van der Waals surface area contributed by atoms with Crippen LogP contribution in [0.25, 0.3) is 0 Å². The van der Waals surface area contributed by atoms with E-state index >= 15 is 0 Å². The lowest BCUT2D eigenvalue weighted by Gasteiger charge is -2.09. The van der Waals surface area contributed by atoms with Crippen molar-refractivity contribution >= 4 is 10.0 Å². The first-order valence-electron chi connectivity index (χ1n) is 6.52. The maximum absolute atomic E-state index is 12.3. The minimum atomic E-state index is -3.61. The van der Waals surface area contributed by atoms with Gasteiger partial charge in [0.1, 0.15) is 0 Å². The molecule has 21 heavy (non-hydrogen) atoms. The van der Waals surface area contributed by atoms with Crippen LogP contribution in [0.4, 0.5) is 0 Å². The summed E-state index contributed by atoms with van der Waals surface area (Å²) in [6.07, 6.45) is 1.78. The van der Waals surface area contributed by atoms with Crippen LogP contribution in [-0.4, -0.2) is 23.3 Å². The van der Waals surface area contributed by atoms with Crippen LogP contribution in [0.3, 0.4) is 0 Å². The molecule has 0 unspecified atom stereocenters. The van der Waals surface area contributed by atoms with E-state index in [0.717, 1.165) is 16.8 Å². The number of rotatable bonds is 5. The molecule has 0 aliphatic rings. The zero-order chi connectivity index (χ0) is 15.6. The number of aromatic nitrogens is 2. The first-order valence-corrected chi connectivity index (χ1v) is 8.01. The minimum Gasteiger partial charge on any atom is -0.392 e. The topological polar surface area (TPSA) is 84.2 Å². The van der Waals surface area contributed by atoms with Gasteiger partial charge in [-0.05, 0) is 37.1 Å². The molecule has 0 radical (unpaired) electrons. The Balaban J connectivity index is 2.20. The number of hydrogen-bond donors (Lipinski definition) is 2. The first-order chi connectivity index (χ1) is 9.83. The van der Waals surface area contributed by atoms with Crippen molar-refractivity contribution in [3.8, 4) is 0 Å². The van der Waals surface area contributed by atoms with E-state index in [9.17, 15) is 13.5 Å². The Hall–Kier alpha value is -1.70. The van der Waals surface area contributed by atoms with Crippen LogP contribution < -0.4 is 4.72 Å². The van der Waals surface area contributed by atoms with E-state index < -0.39 is 10.0 Å². The van der Waals surface area contributed by atoms with Gasteiger partial charge in [0.2, 0.25) is 10.0 Å². The van der Waals surface area contributed by atoms with Crippen molar-refractivity contribution in [3.05, 3.63) is 46.8 Å². The molecule has 0 saturated carbocycles. The second-order valence-electron chi connectivity index (χ2n) is 4.98. The van der Waals surface area contributed by atoms with E-state index in [-0.39, 0.29) is 18.0 Å². The summed E-state index contributed by atoms with van der Waals surface area (Å²) in [5.74, 6) is 0. The van der Waals surface area contributed by atoms with E-state index in [1.54, 1.807) is 24.0 Å². The average Bonchev–Trinajstić information content (AvgIpc) is 2.75. The molecule has 0 fully saturated rings. The van der Waals surface area contributed by atoms with Gasteiger partial charge in [0, 0.05) is 25.4 Å². The fraction of sp³-hybridized carbons (Fsp3) is 0.357. The second kappa shape index (κ2) is 5.97. The van der Waals surface area contributed by atoms with Gasteiger partial charge in [0.25, 0.3) is 0 Å². The van der Waals surface area contributed by atoms with Crippen molar-refractivity contribution in [1.82, 2.24) is 14.5 Å². The minimum absolute atomic E-state index is 0.152. The molecule has 1 heterocycles. The SMILES string of the molecule is Cc1ccc(S(=O)(=O)NCc2cn(C)nc2C)cc1CO. The molecule has 6 nitrogen and oxygen atoms in total. The van der Waals surface area contributed by atoms with Crippen LogP contribution in [0, 0.1) is 13.8 Å². The molecule has 7 heteroatoms. The molecular weight excluding hydrogens is 290 g/mol. The lowest BCUT2D eigenvalue weighted by molar-refractivity contribution is 0.280. The zero-order valence-corrected chi connectivity index (χ0v) is 13.1. The maximum Gasteiger partial charge on any atom is 0.240 e. The normalized spacial score (nSPS) is 11.8. The maximum atomic E-state index is 12.3. The van der Waals surface area contributed by atoms with Crippen molar-refractivity contribution < 1.29 is 13.5 Å². The molecule has 0 saturated heterocycles. The van der Waals surface area contributed by atoms with Gasteiger partial charge in [0.05, 0.1) is 17.2 Å². The van der Waals surface area contributed by atoms with Crippen LogP contribution in [0.2, 0.25) is 0 Å². The lowest BCUT2D eigenvalue weighted by Crippen LogP contribution is -2.23. The molecule has 0 bridgehead atoms. The highest BCUT2D eigenvalue weighted by molar-refractivity contribution is 7.89. The summed E-state index contributed by atoms with van der Waals surface area (Å²) in [6, 6.07) is 4.72. The van der Waals surface area contributed by atoms with Crippen molar-refractivity contribution in [2.24, 2.45) is 7.05 Å². The Bertz CT molecular complexity index is 751. The summed E-state index contributed by atoms with van der Waals surface area (Å²) in [4.78, 5) is 0.152. The molecule has 2 rings (SSSR count). The molecular formula is C14H19N3O3S. The van der Waals surface area contributed by atoms with Crippen LogP contribution in [0.15, 0.2) is 29.3 Å². The quantitative estimate of drug-likeness (QED) is 0.863. The standard InChI is InChI=1S/C14H19N3O3S/c1-10-4-5-14(6-12(10)9-18)21(19,20)15-7-13-8-17(3)16-11(13)2/h4-6,8,15,18H,7,9H2,1-3H3. The van der Waals surface area contributed by atoms with Crippen LogP contribution in [0.1, 0.15) is 22.4 Å². The summed E-state index contributed by atoms with van der Waals surface area (Å²) >= 11 is 0. The molecule has 0 aliphatic carbocycles. The fourth-order valence-electron chi connectivity index (χ4n) is 2.06. The van der Waals surface area contributed by atoms with E-state index in [0.29, 0.717) is 5.56 Å². The molecule has 1 aromatic carbocycles. The van der Waals surface area contributed by atoms with Crippen molar-refractivity contribution in [2.75, 3.05) is 0 Å². The smallest absolute Gasteiger partial charge is 0.240 e. The summed E-state index contributed by atoms with van der Waals surface area (Å²) in [6.45, 7) is 3.66. The van der Waals surface area contributed by atoms with Crippen LogP contribution >= 0.6 is 0 Å². The van der Waals surface area contributed by atoms with E-state index in [4.69, 9.17) is 0 Å². The van der Waals surface area contributed by atoms with E-state index in [1.165, 1.54) is 12.1 Å². The monoisotopic (exact) mass is 309 g/mol. The van der Waals surface area contributed by atoms with Crippen molar-refractivity contribution in [3.63, 3.8) is 0 Å². The molecule has 2 N–H and O–H groups in total. The van der Waals surface area contributed by atoms with Gasteiger partial charge >= 0.3 is 0 Å². The predicted octanol–water partition coefficient (Wildman–Crippen LogP) is 1.01. The number of nitrogens with zero attached hydrogens (tertiary/aromatic N) is 2. The van der Waals surface area contributed by atoms with Gasteiger partial charge < -0.3 is 5.11 Å². The van der Waals surface area contributed by atoms with E-state index in [2.05, 4.69) is 9.82 Å². The summed E-state index contributed by atoms with van der Waals surface area (Å²) < 4.78 is 28.8.